The molecule has 6 aromatic carbocycles. The number of pyridine rings is 3. The van der Waals surface area contributed by atoms with Gasteiger partial charge in [0.1, 0.15) is 5.82 Å². The molecule has 0 unspecified atom stereocenters. The fourth-order valence-corrected chi connectivity index (χ4v) is 6.78. The molecule has 8 nitrogen and oxygen atoms in total. The Kier molecular flexibility index (Phi) is 14.6. The molecule has 11 rings (SSSR count). The van der Waals surface area contributed by atoms with Gasteiger partial charge in [0.05, 0.1) is 17.2 Å². The fourth-order valence-electron chi connectivity index (χ4n) is 6.78. The molecule has 63 heavy (non-hydrogen) atoms. The van der Waals surface area contributed by atoms with Crippen LogP contribution in [0, 0.1) is 34.6 Å². The molecule has 0 aliphatic carbocycles. The molecule has 0 saturated carbocycles. The first-order valence-corrected chi connectivity index (χ1v) is 20.8. The van der Waals surface area contributed by atoms with Crippen LogP contribution in [0.5, 0.6) is 0 Å². The Morgan fingerprint density at radius 3 is 1.49 bits per heavy atom. The molecular formula is C55H48N8. The van der Waals surface area contributed by atoms with Gasteiger partial charge < -0.3 is 0 Å². The van der Waals surface area contributed by atoms with Crippen molar-refractivity contribution >= 4 is 43.4 Å². The van der Waals surface area contributed by atoms with Crippen LogP contribution in [-0.2, 0) is 0 Å². The van der Waals surface area contributed by atoms with Gasteiger partial charge >= 0.3 is 0 Å². The number of fused-ring (bicyclic) bond motifs is 5. The van der Waals surface area contributed by atoms with E-state index in [2.05, 4.69) is 114 Å². The molecule has 0 atom stereocenters. The van der Waals surface area contributed by atoms with E-state index < -0.39 is 0 Å². The molecule has 0 radical (unpaired) electrons. The van der Waals surface area contributed by atoms with Crippen molar-refractivity contribution in [3.05, 3.63) is 229 Å². The van der Waals surface area contributed by atoms with Crippen molar-refractivity contribution < 1.29 is 0 Å². The van der Waals surface area contributed by atoms with Crippen molar-refractivity contribution in [1.82, 2.24) is 40.1 Å². The second kappa shape index (κ2) is 21.4. The zero-order chi connectivity index (χ0) is 43.8. The zero-order valence-electron chi connectivity index (χ0n) is 36.1. The van der Waals surface area contributed by atoms with E-state index in [1.807, 2.05) is 149 Å². The summed E-state index contributed by atoms with van der Waals surface area (Å²) < 4.78 is 0. The predicted octanol–water partition coefficient (Wildman–Crippen LogP) is 13.1. The first-order chi connectivity index (χ1) is 30.8. The Balaban J connectivity index is 0.000000122. The maximum Gasteiger partial charge on any atom is 0.163 e. The van der Waals surface area contributed by atoms with Gasteiger partial charge in [0.15, 0.2) is 11.6 Å². The minimum atomic E-state index is 0.715. The van der Waals surface area contributed by atoms with Gasteiger partial charge in [-0.2, -0.15) is 10.2 Å². The molecule has 0 amide bonds. The first-order valence-electron chi connectivity index (χ1n) is 20.8. The lowest BCUT2D eigenvalue weighted by atomic mass is 10.0. The Morgan fingerprint density at radius 1 is 0.333 bits per heavy atom. The number of para-hydroxylation sites is 2. The normalized spacial score (nSPS) is 10.3. The molecule has 8 heteroatoms. The van der Waals surface area contributed by atoms with E-state index in [0.29, 0.717) is 11.6 Å². The van der Waals surface area contributed by atoms with Crippen LogP contribution in [0.15, 0.2) is 201 Å². The van der Waals surface area contributed by atoms with Gasteiger partial charge in [-0.25, -0.2) is 15.0 Å². The molecule has 5 aromatic heterocycles. The van der Waals surface area contributed by atoms with Crippen molar-refractivity contribution in [1.29, 1.82) is 0 Å². The molecule has 0 aliphatic heterocycles. The van der Waals surface area contributed by atoms with Crippen molar-refractivity contribution in [2.75, 3.05) is 0 Å². The molecule has 308 valence electrons. The minimum absolute atomic E-state index is 0.715. The molecule has 0 spiro atoms. The monoisotopic (exact) mass is 820 g/mol. The number of aryl methyl sites for hydroxylation is 5. The number of rotatable bonds is 2. The lowest BCUT2D eigenvalue weighted by Gasteiger charge is -2.05. The average Bonchev–Trinajstić information content (AvgIpc) is 3.33. The Labute approximate surface area is 368 Å². The van der Waals surface area contributed by atoms with E-state index in [-0.39, 0.29) is 0 Å². The summed E-state index contributed by atoms with van der Waals surface area (Å²) in [6.07, 6.45) is 5.24. The average molecular weight is 821 g/mol. The van der Waals surface area contributed by atoms with Crippen molar-refractivity contribution in [2.24, 2.45) is 0 Å². The van der Waals surface area contributed by atoms with Crippen molar-refractivity contribution in [2.45, 2.75) is 34.6 Å². The summed E-state index contributed by atoms with van der Waals surface area (Å²) in [4.78, 5) is 26.6. The van der Waals surface area contributed by atoms with Crippen molar-refractivity contribution in [3.63, 3.8) is 0 Å². The van der Waals surface area contributed by atoms with Gasteiger partial charge in [0.2, 0.25) is 0 Å². The van der Waals surface area contributed by atoms with Gasteiger partial charge in [-0.15, -0.1) is 0 Å². The summed E-state index contributed by atoms with van der Waals surface area (Å²) in [7, 11) is 0. The van der Waals surface area contributed by atoms with Crippen LogP contribution in [0.3, 0.4) is 0 Å². The predicted molar refractivity (Wildman–Crippen MR) is 259 cm³/mol. The Hall–Kier alpha value is -8.10. The fraction of sp³-hybridized carbons (Fsp3) is 0.0909. The molecule has 0 bridgehead atoms. The molecular weight excluding hydrogens is 773 g/mol. The van der Waals surface area contributed by atoms with Crippen LogP contribution in [0.2, 0.25) is 0 Å². The van der Waals surface area contributed by atoms with E-state index in [1.54, 1.807) is 12.4 Å². The lowest BCUT2D eigenvalue weighted by molar-refractivity contribution is 0.992. The first kappa shape index (κ1) is 43.0. The summed E-state index contributed by atoms with van der Waals surface area (Å²) >= 11 is 0. The highest BCUT2D eigenvalue weighted by Gasteiger charge is 2.08. The number of hydrogen-bond acceptors (Lipinski definition) is 8. The van der Waals surface area contributed by atoms with E-state index in [0.717, 1.165) is 50.6 Å². The Morgan fingerprint density at radius 2 is 0.889 bits per heavy atom. The second-order valence-electron chi connectivity index (χ2n) is 14.7. The highest BCUT2D eigenvalue weighted by Crippen LogP contribution is 2.25. The largest absolute Gasteiger partial charge is 0.261 e. The van der Waals surface area contributed by atoms with Gasteiger partial charge in [0.25, 0.3) is 0 Å². The quantitative estimate of drug-likeness (QED) is 0.159. The van der Waals surface area contributed by atoms with Crippen LogP contribution in [0.1, 0.15) is 28.5 Å². The molecule has 0 N–H and O–H groups in total. The van der Waals surface area contributed by atoms with Crippen LogP contribution in [-0.4, -0.2) is 40.1 Å². The summed E-state index contributed by atoms with van der Waals surface area (Å²) in [6, 6.07) is 61.1. The number of aromatic nitrogens is 8. The highest BCUT2D eigenvalue weighted by atomic mass is 15.1. The minimum Gasteiger partial charge on any atom is -0.261 e. The molecule has 5 heterocycles. The summed E-state index contributed by atoms with van der Waals surface area (Å²) in [5, 5.41) is 14.7. The summed E-state index contributed by atoms with van der Waals surface area (Å²) in [6.45, 7) is 9.97. The van der Waals surface area contributed by atoms with Gasteiger partial charge in [-0.1, -0.05) is 152 Å². The molecule has 0 aliphatic rings. The topological polar surface area (TPSA) is 103 Å². The smallest absolute Gasteiger partial charge is 0.163 e. The van der Waals surface area contributed by atoms with Crippen LogP contribution >= 0.6 is 0 Å². The van der Waals surface area contributed by atoms with Gasteiger partial charge in [-0.05, 0) is 81.3 Å². The highest BCUT2D eigenvalue weighted by molar-refractivity contribution is 6.06. The van der Waals surface area contributed by atoms with E-state index in [1.165, 1.54) is 32.3 Å². The summed E-state index contributed by atoms with van der Waals surface area (Å²) in [5.41, 5.74) is 8.59. The lowest BCUT2D eigenvalue weighted by Crippen LogP contribution is -1.99. The molecule has 0 fully saturated rings. The zero-order valence-corrected chi connectivity index (χ0v) is 36.1. The van der Waals surface area contributed by atoms with E-state index in [4.69, 9.17) is 0 Å². The number of benzene rings is 6. The number of hydrogen-bond donors (Lipinski definition) is 0. The van der Waals surface area contributed by atoms with Gasteiger partial charge in [-0.3, -0.25) is 15.0 Å². The maximum absolute atomic E-state index is 4.60. The van der Waals surface area contributed by atoms with Crippen LogP contribution < -0.4 is 0 Å². The standard InChI is InChI=1S/C16H13N3.C14H11N.2C10H9N.C5H6N2/c1-12-17-15(13-8-4-2-5-9-13)19-16(18-12)14-10-6-3-7-11-14;1-10-11-6-2-3-7-12(11)13-8-4-5-9-14(13)15-10;1-8-10-5-3-2-4-9(10)6-7-11-8;1-8-6-7-9-4-2-3-5-10(9)11-8;1-5-2-3-6-7-4-5/h2-11H,1H3;2-9H,1H3;2*2-7H,1H3;2-4H,1H3. The van der Waals surface area contributed by atoms with Crippen LogP contribution in [0.4, 0.5) is 0 Å². The third-order valence-corrected chi connectivity index (χ3v) is 9.95. The van der Waals surface area contributed by atoms with Crippen molar-refractivity contribution in [3.8, 4) is 22.8 Å². The second-order valence-corrected chi connectivity index (χ2v) is 14.7. The third kappa shape index (κ3) is 11.8. The maximum atomic E-state index is 4.60. The summed E-state index contributed by atoms with van der Waals surface area (Å²) in [5.74, 6) is 2.16. The van der Waals surface area contributed by atoms with Crippen LogP contribution in [0.25, 0.3) is 66.1 Å². The molecule has 0 saturated heterocycles. The van der Waals surface area contributed by atoms with Gasteiger partial charge in [0, 0.05) is 62.1 Å². The SMILES string of the molecule is Cc1ccc2ccccc2n1.Cc1ccnnc1.Cc1nc(-c2ccccc2)nc(-c2ccccc2)n1.Cc1nc2ccccc2c2ccccc12.Cc1nccc2ccccc12. The van der Waals surface area contributed by atoms with E-state index in [9.17, 15) is 0 Å². The number of nitrogens with zero attached hydrogens (tertiary/aromatic N) is 8. The molecule has 11 aromatic rings. The third-order valence-electron chi connectivity index (χ3n) is 9.95. The Bertz CT molecular complexity index is 3110. The van der Waals surface area contributed by atoms with E-state index >= 15 is 0 Å².